The van der Waals surface area contributed by atoms with Crippen LogP contribution in [-0.2, 0) is 17.9 Å². The molecule has 144 valence electrons. The third-order valence-corrected chi connectivity index (χ3v) is 5.09. The maximum absolute atomic E-state index is 13.0. The highest BCUT2D eigenvalue weighted by Crippen LogP contribution is 2.27. The second kappa shape index (κ2) is 7.46. The van der Waals surface area contributed by atoms with Crippen molar-refractivity contribution in [3.05, 3.63) is 65.5 Å². The lowest BCUT2D eigenvalue weighted by atomic mass is 10.0. The number of amides is 2. The lowest BCUT2D eigenvalue weighted by molar-refractivity contribution is -0.126. The molecule has 0 saturated carbocycles. The molecule has 2 aromatic carbocycles. The van der Waals surface area contributed by atoms with Crippen LogP contribution in [0, 0.1) is 5.92 Å². The molecule has 6 nitrogen and oxygen atoms in total. The van der Waals surface area contributed by atoms with Gasteiger partial charge in [-0.1, -0.05) is 44.2 Å². The van der Waals surface area contributed by atoms with Gasteiger partial charge in [0.15, 0.2) is 0 Å². The molecule has 1 aliphatic heterocycles. The molecule has 1 atom stereocenters. The number of para-hydroxylation sites is 2. The largest absolute Gasteiger partial charge is 0.347 e. The fraction of sp³-hybridized carbons (Fsp3) is 0.318. The third-order valence-electron chi connectivity index (χ3n) is 5.09. The van der Waals surface area contributed by atoms with Crippen LogP contribution in [0.5, 0.6) is 0 Å². The molecule has 0 aliphatic carbocycles. The molecule has 4 rings (SSSR count). The van der Waals surface area contributed by atoms with E-state index in [2.05, 4.69) is 29.1 Å². The normalized spacial score (nSPS) is 14.5. The van der Waals surface area contributed by atoms with Gasteiger partial charge in [0.1, 0.15) is 11.9 Å². The molecule has 2 heterocycles. The van der Waals surface area contributed by atoms with E-state index in [0.29, 0.717) is 36.8 Å². The van der Waals surface area contributed by atoms with Gasteiger partial charge in [-0.15, -0.1) is 0 Å². The van der Waals surface area contributed by atoms with Crippen LogP contribution < -0.4 is 5.32 Å². The van der Waals surface area contributed by atoms with E-state index in [1.54, 1.807) is 4.90 Å². The van der Waals surface area contributed by atoms with Gasteiger partial charge in [-0.2, -0.15) is 0 Å². The number of nitrogens with one attached hydrogen (secondary N) is 2. The number of fused-ring (bicyclic) bond motifs is 2. The minimum absolute atomic E-state index is 0.0693. The van der Waals surface area contributed by atoms with Gasteiger partial charge in [0.25, 0.3) is 5.91 Å². The second-order valence-electron chi connectivity index (χ2n) is 7.65. The molecule has 28 heavy (non-hydrogen) atoms. The topological polar surface area (TPSA) is 78.1 Å². The molecule has 3 aromatic rings. The van der Waals surface area contributed by atoms with Crippen molar-refractivity contribution < 1.29 is 9.59 Å². The van der Waals surface area contributed by atoms with Crippen LogP contribution in [0.1, 0.15) is 42.0 Å². The summed E-state index contributed by atoms with van der Waals surface area (Å²) in [5.74, 6) is 0.780. The highest BCUT2D eigenvalue weighted by atomic mass is 16.2. The first kappa shape index (κ1) is 18.2. The van der Waals surface area contributed by atoms with Crippen LogP contribution in [0.2, 0.25) is 0 Å². The molecule has 0 radical (unpaired) electrons. The van der Waals surface area contributed by atoms with E-state index in [1.807, 2.05) is 48.5 Å². The summed E-state index contributed by atoms with van der Waals surface area (Å²) < 4.78 is 0. The number of carbonyl (C=O) groups excluding carboxylic acids is 2. The molecule has 0 spiro atoms. The summed E-state index contributed by atoms with van der Waals surface area (Å²) in [6.45, 7) is 4.90. The van der Waals surface area contributed by atoms with Crippen molar-refractivity contribution in [1.82, 2.24) is 20.2 Å². The van der Waals surface area contributed by atoms with E-state index in [4.69, 9.17) is 0 Å². The standard InChI is InChI=1S/C22H24N4O2/c1-14(2)11-19(26-13-15-7-3-4-8-16(15)22(26)28)21(27)23-12-20-24-17-9-5-6-10-18(17)25-20/h3-10,14,19H,11-13H2,1-2H3,(H,23,27)(H,24,25). The summed E-state index contributed by atoms with van der Waals surface area (Å²) in [5, 5.41) is 2.96. The molecule has 6 heteroatoms. The number of imidazole rings is 1. The zero-order chi connectivity index (χ0) is 19.7. The number of rotatable bonds is 6. The van der Waals surface area contributed by atoms with Crippen molar-refractivity contribution in [1.29, 1.82) is 0 Å². The summed E-state index contributed by atoms with van der Waals surface area (Å²) in [5.41, 5.74) is 3.49. The lowest BCUT2D eigenvalue weighted by Gasteiger charge is -2.28. The van der Waals surface area contributed by atoms with Crippen LogP contribution in [-0.4, -0.2) is 32.7 Å². The molecule has 2 amide bonds. The Kier molecular flexibility index (Phi) is 4.86. The van der Waals surface area contributed by atoms with Gasteiger partial charge < -0.3 is 15.2 Å². The Balaban J connectivity index is 1.49. The number of hydrogen-bond acceptors (Lipinski definition) is 3. The van der Waals surface area contributed by atoms with E-state index in [1.165, 1.54) is 0 Å². The summed E-state index contributed by atoms with van der Waals surface area (Å²) in [7, 11) is 0. The van der Waals surface area contributed by atoms with E-state index in [0.717, 1.165) is 16.6 Å². The van der Waals surface area contributed by atoms with Crippen LogP contribution >= 0.6 is 0 Å². The first-order valence-electron chi connectivity index (χ1n) is 9.63. The van der Waals surface area contributed by atoms with Crippen LogP contribution in [0.25, 0.3) is 11.0 Å². The number of hydrogen-bond donors (Lipinski definition) is 2. The van der Waals surface area contributed by atoms with Gasteiger partial charge >= 0.3 is 0 Å². The number of nitrogens with zero attached hydrogens (tertiary/aromatic N) is 2. The van der Waals surface area contributed by atoms with Crippen LogP contribution in [0.3, 0.4) is 0 Å². The van der Waals surface area contributed by atoms with Gasteiger partial charge in [-0.3, -0.25) is 9.59 Å². The Bertz CT molecular complexity index is 991. The third kappa shape index (κ3) is 3.50. The summed E-state index contributed by atoms with van der Waals surface area (Å²) >= 11 is 0. The number of carbonyl (C=O) groups is 2. The molecular formula is C22H24N4O2. The molecule has 0 bridgehead atoms. The fourth-order valence-electron chi connectivity index (χ4n) is 3.73. The smallest absolute Gasteiger partial charge is 0.255 e. The van der Waals surface area contributed by atoms with Crippen molar-refractivity contribution in [2.75, 3.05) is 0 Å². The average Bonchev–Trinajstić information content (AvgIpc) is 3.25. The van der Waals surface area contributed by atoms with Gasteiger partial charge in [-0.05, 0) is 36.1 Å². The van der Waals surface area contributed by atoms with Gasteiger partial charge in [0, 0.05) is 12.1 Å². The molecule has 0 fully saturated rings. The van der Waals surface area contributed by atoms with Crippen molar-refractivity contribution in [2.24, 2.45) is 5.92 Å². The van der Waals surface area contributed by atoms with Crippen LogP contribution in [0.4, 0.5) is 0 Å². The van der Waals surface area contributed by atoms with Crippen LogP contribution in [0.15, 0.2) is 48.5 Å². The summed E-state index contributed by atoms with van der Waals surface area (Å²) in [4.78, 5) is 35.3. The number of benzene rings is 2. The Morgan fingerprint density at radius 1 is 1.18 bits per heavy atom. The van der Waals surface area contributed by atoms with E-state index in [9.17, 15) is 9.59 Å². The Labute approximate surface area is 164 Å². The Morgan fingerprint density at radius 2 is 1.93 bits per heavy atom. The highest BCUT2D eigenvalue weighted by molar-refractivity contribution is 6.01. The minimum Gasteiger partial charge on any atom is -0.347 e. The second-order valence-corrected chi connectivity index (χ2v) is 7.65. The fourth-order valence-corrected chi connectivity index (χ4v) is 3.73. The van der Waals surface area contributed by atoms with Gasteiger partial charge in [-0.25, -0.2) is 4.98 Å². The number of aromatic amines is 1. The van der Waals surface area contributed by atoms with Gasteiger partial charge in [0.05, 0.1) is 17.6 Å². The maximum atomic E-state index is 13.0. The molecule has 0 saturated heterocycles. The first-order valence-corrected chi connectivity index (χ1v) is 9.63. The molecule has 2 N–H and O–H groups in total. The van der Waals surface area contributed by atoms with E-state index < -0.39 is 6.04 Å². The van der Waals surface area contributed by atoms with E-state index >= 15 is 0 Å². The minimum atomic E-state index is -0.496. The highest BCUT2D eigenvalue weighted by Gasteiger charge is 2.36. The maximum Gasteiger partial charge on any atom is 0.255 e. The zero-order valence-corrected chi connectivity index (χ0v) is 16.1. The molecule has 1 aromatic heterocycles. The predicted octanol–water partition coefficient (Wildman–Crippen LogP) is 3.25. The monoisotopic (exact) mass is 376 g/mol. The van der Waals surface area contributed by atoms with Crippen molar-refractivity contribution in [3.8, 4) is 0 Å². The van der Waals surface area contributed by atoms with Gasteiger partial charge in [0.2, 0.25) is 5.91 Å². The van der Waals surface area contributed by atoms with Crippen molar-refractivity contribution >= 4 is 22.8 Å². The summed E-state index contributed by atoms with van der Waals surface area (Å²) in [6, 6.07) is 14.8. The van der Waals surface area contributed by atoms with Crippen molar-refractivity contribution in [2.45, 2.75) is 39.4 Å². The average molecular weight is 376 g/mol. The Hall–Kier alpha value is -3.15. The quantitative estimate of drug-likeness (QED) is 0.693. The number of H-pyrrole nitrogens is 1. The van der Waals surface area contributed by atoms with E-state index in [-0.39, 0.29) is 11.8 Å². The lowest BCUT2D eigenvalue weighted by Crippen LogP contribution is -2.47. The molecular weight excluding hydrogens is 352 g/mol. The summed E-state index contributed by atoms with van der Waals surface area (Å²) in [6.07, 6.45) is 0.617. The predicted molar refractivity (Wildman–Crippen MR) is 107 cm³/mol. The van der Waals surface area contributed by atoms with Crippen molar-refractivity contribution in [3.63, 3.8) is 0 Å². The first-order chi connectivity index (χ1) is 13.5. The number of aromatic nitrogens is 2. The SMILES string of the molecule is CC(C)CC(C(=O)NCc1nc2ccccc2[nH]1)N1Cc2ccccc2C1=O. The Morgan fingerprint density at radius 3 is 2.68 bits per heavy atom. The molecule has 1 aliphatic rings. The molecule has 1 unspecified atom stereocenters. The zero-order valence-electron chi connectivity index (χ0n) is 16.1.